The van der Waals surface area contributed by atoms with Crippen LogP contribution in [0.4, 0.5) is 5.69 Å². The number of benzene rings is 1. The molecule has 1 unspecified atom stereocenters. The van der Waals surface area contributed by atoms with Crippen molar-refractivity contribution in [1.82, 2.24) is 0 Å². The minimum atomic E-state index is -0.886. The van der Waals surface area contributed by atoms with Crippen LogP contribution >= 0.6 is 23.2 Å². The summed E-state index contributed by atoms with van der Waals surface area (Å²) in [5.74, 6) is 0.219. The van der Waals surface area contributed by atoms with Gasteiger partial charge in [0.1, 0.15) is 10.1 Å². The molecular formula is C11H11Cl2NO2. The average molecular weight is 260 g/mol. The van der Waals surface area contributed by atoms with E-state index in [0.29, 0.717) is 17.9 Å². The molecule has 3 nitrogen and oxygen atoms in total. The molecule has 16 heavy (non-hydrogen) atoms. The van der Waals surface area contributed by atoms with Gasteiger partial charge in [-0.25, -0.2) is 0 Å². The second-order valence-corrected chi connectivity index (χ2v) is 5.28. The first-order valence-corrected chi connectivity index (χ1v) is 5.61. The Morgan fingerprint density at radius 1 is 1.56 bits per heavy atom. The number of rotatable bonds is 3. The smallest absolute Gasteiger partial charge is 0.230 e. The molecule has 86 valence electrons. The minimum Gasteiger partial charge on any atom is -0.497 e. The number of alkyl halides is 2. The van der Waals surface area contributed by atoms with Crippen LogP contribution in [0.15, 0.2) is 24.3 Å². The van der Waals surface area contributed by atoms with E-state index < -0.39 is 4.33 Å². The Labute approximate surface area is 104 Å². The highest BCUT2D eigenvalue weighted by Gasteiger charge is 2.56. The van der Waals surface area contributed by atoms with Gasteiger partial charge in [-0.2, -0.15) is 0 Å². The zero-order valence-electron chi connectivity index (χ0n) is 8.67. The molecule has 1 amide bonds. The predicted molar refractivity (Wildman–Crippen MR) is 64.2 cm³/mol. The Hall–Kier alpha value is -0.930. The Kier molecular flexibility index (Phi) is 3.00. The zero-order chi connectivity index (χ0) is 11.8. The molecule has 2 rings (SSSR count). The van der Waals surface area contributed by atoms with Gasteiger partial charge in [0.15, 0.2) is 0 Å². The molecule has 1 aromatic rings. The average Bonchev–Trinajstić information content (AvgIpc) is 2.88. The number of anilines is 1. The summed E-state index contributed by atoms with van der Waals surface area (Å²) in [6.45, 7) is 0. The number of halogens is 2. The van der Waals surface area contributed by atoms with Crippen molar-refractivity contribution in [3.05, 3.63) is 24.3 Å². The van der Waals surface area contributed by atoms with Crippen molar-refractivity contribution >= 4 is 34.8 Å². The third-order valence-corrected chi connectivity index (χ3v) is 3.32. The Balaban J connectivity index is 2.01. The molecule has 0 bridgehead atoms. The molecule has 0 aliphatic heterocycles. The van der Waals surface area contributed by atoms with Crippen molar-refractivity contribution in [3.63, 3.8) is 0 Å². The molecule has 5 heteroatoms. The standard InChI is InChI=1S/C11H11Cl2NO2/c1-16-8-4-2-3-7(5-8)14-10(15)9-6-11(9,12)13/h2-5,9H,6H2,1H3,(H,14,15). The minimum absolute atomic E-state index is 0.154. The second kappa shape index (κ2) is 4.15. The summed E-state index contributed by atoms with van der Waals surface area (Å²) >= 11 is 11.6. The lowest BCUT2D eigenvalue weighted by Gasteiger charge is -2.06. The van der Waals surface area contributed by atoms with Gasteiger partial charge in [0.25, 0.3) is 0 Å². The van der Waals surface area contributed by atoms with Crippen LogP contribution in [0, 0.1) is 5.92 Å². The van der Waals surface area contributed by atoms with Crippen molar-refractivity contribution in [1.29, 1.82) is 0 Å². The zero-order valence-corrected chi connectivity index (χ0v) is 10.2. The van der Waals surface area contributed by atoms with E-state index in [2.05, 4.69) is 5.32 Å². The van der Waals surface area contributed by atoms with E-state index in [1.165, 1.54) is 0 Å². The van der Waals surface area contributed by atoms with E-state index in [1.54, 1.807) is 31.4 Å². The van der Waals surface area contributed by atoms with Crippen LogP contribution in [0.2, 0.25) is 0 Å². The van der Waals surface area contributed by atoms with Crippen LogP contribution < -0.4 is 10.1 Å². The number of nitrogens with one attached hydrogen (secondary N) is 1. The fraction of sp³-hybridized carbons (Fsp3) is 0.364. The Bertz CT molecular complexity index is 420. The predicted octanol–water partition coefficient (Wildman–Crippen LogP) is 2.83. The maximum atomic E-state index is 11.7. The van der Waals surface area contributed by atoms with Gasteiger partial charge in [0, 0.05) is 11.8 Å². The van der Waals surface area contributed by atoms with Gasteiger partial charge < -0.3 is 10.1 Å². The Morgan fingerprint density at radius 3 is 2.81 bits per heavy atom. The van der Waals surface area contributed by atoms with Gasteiger partial charge in [-0.05, 0) is 18.6 Å². The number of carbonyl (C=O) groups is 1. The molecule has 1 aliphatic rings. The van der Waals surface area contributed by atoms with E-state index in [-0.39, 0.29) is 11.8 Å². The van der Waals surface area contributed by atoms with Crippen LogP contribution in [0.5, 0.6) is 5.75 Å². The summed E-state index contributed by atoms with van der Waals surface area (Å²) < 4.78 is 4.16. The molecule has 1 atom stereocenters. The van der Waals surface area contributed by atoms with Gasteiger partial charge >= 0.3 is 0 Å². The van der Waals surface area contributed by atoms with Crippen molar-refractivity contribution in [2.24, 2.45) is 5.92 Å². The first kappa shape index (κ1) is 11.6. The van der Waals surface area contributed by atoms with Gasteiger partial charge in [-0.3, -0.25) is 4.79 Å². The lowest BCUT2D eigenvalue weighted by atomic mass is 10.3. The number of hydrogen-bond donors (Lipinski definition) is 1. The maximum Gasteiger partial charge on any atom is 0.230 e. The second-order valence-electron chi connectivity index (χ2n) is 3.74. The lowest BCUT2D eigenvalue weighted by molar-refractivity contribution is -0.117. The van der Waals surface area contributed by atoms with Crippen molar-refractivity contribution in [3.8, 4) is 5.75 Å². The topological polar surface area (TPSA) is 38.3 Å². The third kappa shape index (κ3) is 2.42. The van der Waals surface area contributed by atoms with Gasteiger partial charge in [0.2, 0.25) is 5.91 Å². The van der Waals surface area contributed by atoms with E-state index in [0.717, 1.165) is 0 Å². The van der Waals surface area contributed by atoms with Gasteiger partial charge in [0.05, 0.1) is 13.0 Å². The quantitative estimate of drug-likeness (QED) is 0.848. The van der Waals surface area contributed by atoms with E-state index in [4.69, 9.17) is 27.9 Å². The van der Waals surface area contributed by atoms with Gasteiger partial charge in [-0.15, -0.1) is 23.2 Å². The normalized spacial score (nSPS) is 21.3. The summed E-state index contributed by atoms with van der Waals surface area (Å²) in [6, 6.07) is 7.13. The third-order valence-electron chi connectivity index (χ3n) is 2.48. The first-order chi connectivity index (χ1) is 7.53. The summed E-state index contributed by atoms with van der Waals surface area (Å²) in [5.41, 5.74) is 0.681. The molecule has 0 heterocycles. The van der Waals surface area contributed by atoms with Crippen LogP contribution in [-0.4, -0.2) is 17.4 Å². The van der Waals surface area contributed by atoms with E-state index >= 15 is 0 Å². The molecule has 0 radical (unpaired) electrons. The number of methoxy groups -OCH3 is 1. The van der Waals surface area contributed by atoms with E-state index in [1.807, 2.05) is 0 Å². The highest BCUT2D eigenvalue weighted by atomic mass is 35.5. The summed E-state index contributed by atoms with van der Waals surface area (Å²) in [7, 11) is 1.57. The summed E-state index contributed by atoms with van der Waals surface area (Å²) in [6.07, 6.45) is 0.506. The van der Waals surface area contributed by atoms with Crippen LogP contribution in [0.3, 0.4) is 0 Å². The molecule has 0 aromatic heterocycles. The van der Waals surface area contributed by atoms with E-state index in [9.17, 15) is 4.79 Å². The maximum absolute atomic E-state index is 11.7. The largest absolute Gasteiger partial charge is 0.497 e. The number of hydrogen-bond acceptors (Lipinski definition) is 2. The number of ether oxygens (including phenoxy) is 1. The van der Waals surface area contributed by atoms with Crippen molar-refractivity contribution in [2.75, 3.05) is 12.4 Å². The summed E-state index contributed by atoms with van der Waals surface area (Å²) in [5, 5.41) is 2.75. The van der Waals surface area contributed by atoms with Crippen LogP contribution in [-0.2, 0) is 4.79 Å². The highest BCUT2D eigenvalue weighted by molar-refractivity contribution is 6.52. The molecule has 1 N–H and O–H groups in total. The molecule has 1 aliphatic carbocycles. The van der Waals surface area contributed by atoms with Crippen molar-refractivity contribution in [2.45, 2.75) is 10.8 Å². The fourth-order valence-corrected chi connectivity index (χ4v) is 1.93. The highest BCUT2D eigenvalue weighted by Crippen LogP contribution is 2.53. The molecular weight excluding hydrogens is 249 g/mol. The van der Waals surface area contributed by atoms with Gasteiger partial charge in [-0.1, -0.05) is 6.07 Å². The molecule has 1 aromatic carbocycles. The molecule has 0 spiro atoms. The fourth-order valence-electron chi connectivity index (χ4n) is 1.43. The SMILES string of the molecule is COc1cccc(NC(=O)C2CC2(Cl)Cl)c1. The molecule has 1 saturated carbocycles. The van der Waals surface area contributed by atoms with Crippen molar-refractivity contribution < 1.29 is 9.53 Å². The summed E-state index contributed by atoms with van der Waals surface area (Å²) in [4.78, 5) is 11.7. The Morgan fingerprint density at radius 2 is 2.25 bits per heavy atom. The van der Waals surface area contributed by atoms with Crippen LogP contribution in [0.1, 0.15) is 6.42 Å². The van der Waals surface area contributed by atoms with Crippen LogP contribution in [0.25, 0.3) is 0 Å². The number of carbonyl (C=O) groups excluding carboxylic acids is 1. The first-order valence-electron chi connectivity index (χ1n) is 4.85. The molecule has 1 fully saturated rings. The monoisotopic (exact) mass is 259 g/mol. The number of amides is 1. The molecule has 0 saturated heterocycles. The lowest BCUT2D eigenvalue weighted by Crippen LogP contribution is -2.16.